The van der Waals surface area contributed by atoms with Gasteiger partial charge in [0.05, 0.1) is 26.9 Å². The predicted octanol–water partition coefficient (Wildman–Crippen LogP) is 3.27. The number of nitrogens with zero attached hydrogens (tertiary/aromatic N) is 1. The van der Waals surface area contributed by atoms with E-state index < -0.39 is 0 Å². The molecule has 0 bridgehead atoms. The molecule has 0 amide bonds. The summed E-state index contributed by atoms with van der Waals surface area (Å²) in [5, 5.41) is 16.2. The van der Waals surface area contributed by atoms with E-state index in [9.17, 15) is 5.11 Å². The summed E-state index contributed by atoms with van der Waals surface area (Å²) in [5.41, 5.74) is 0.696. The summed E-state index contributed by atoms with van der Waals surface area (Å²) in [6, 6.07) is 5.69. The van der Waals surface area contributed by atoms with Gasteiger partial charge in [-0.05, 0) is 38.8 Å². The Hall–Kier alpha value is -1.95. The molecule has 0 unspecified atom stereocenters. The lowest BCUT2D eigenvalue weighted by atomic mass is 9.83. The van der Waals surface area contributed by atoms with E-state index in [-0.39, 0.29) is 12.0 Å². The number of rotatable bonds is 10. The Morgan fingerprint density at radius 2 is 1.88 bits per heavy atom. The molecule has 0 atom stereocenters. The van der Waals surface area contributed by atoms with Crippen molar-refractivity contribution in [1.82, 2.24) is 5.32 Å². The largest absolute Gasteiger partial charge is 0.493 e. The molecule has 0 saturated heterocycles. The summed E-state index contributed by atoms with van der Waals surface area (Å²) in [6.07, 6.45) is 1.78. The number of benzene rings is 1. The van der Waals surface area contributed by atoms with Crippen molar-refractivity contribution in [2.24, 2.45) is 10.4 Å². The van der Waals surface area contributed by atoms with Crippen molar-refractivity contribution in [2.45, 2.75) is 40.5 Å². The smallest absolute Gasteiger partial charge is 0.195 e. The molecule has 0 fully saturated rings. The highest BCUT2D eigenvalue weighted by molar-refractivity contribution is 5.93. The highest BCUT2D eigenvalue weighted by Gasteiger charge is 2.25. The highest BCUT2D eigenvalue weighted by Crippen LogP contribution is 2.30. The molecule has 0 aliphatic carbocycles. The number of guanidine groups is 1. The number of aliphatic imine (C=N–C) groups is 1. The number of hydrogen-bond donors (Lipinski definition) is 3. The molecule has 25 heavy (non-hydrogen) atoms. The van der Waals surface area contributed by atoms with Gasteiger partial charge in [0.2, 0.25) is 0 Å². The van der Waals surface area contributed by atoms with Gasteiger partial charge in [-0.3, -0.25) is 4.99 Å². The van der Waals surface area contributed by atoms with Gasteiger partial charge in [-0.15, -0.1) is 0 Å². The first-order valence-corrected chi connectivity index (χ1v) is 9.05. The number of ether oxygens (including phenoxy) is 2. The van der Waals surface area contributed by atoms with Gasteiger partial charge in [0.1, 0.15) is 0 Å². The third-order valence-corrected chi connectivity index (χ3v) is 4.48. The van der Waals surface area contributed by atoms with Crippen LogP contribution in [0, 0.1) is 5.41 Å². The highest BCUT2D eigenvalue weighted by atomic mass is 16.5. The zero-order valence-electron chi connectivity index (χ0n) is 16.2. The summed E-state index contributed by atoms with van der Waals surface area (Å²) >= 11 is 0. The zero-order chi connectivity index (χ0) is 18.7. The monoisotopic (exact) mass is 351 g/mol. The molecule has 142 valence electrons. The summed E-state index contributed by atoms with van der Waals surface area (Å²) < 4.78 is 10.9. The second-order valence-corrected chi connectivity index (χ2v) is 5.98. The molecule has 1 aromatic rings. The van der Waals surface area contributed by atoms with E-state index in [1.54, 1.807) is 7.11 Å². The Balaban J connectivity index is 2.95. The van der Waals surface area contributed by atoms with E-state index in [1.807, 2.05) is 32.0 Å². The zero-order valence-corrected chi connectivity index (χ0v) is 16.2. The Morgan fingerprint density at radius 3 is 2.40 bits per heavy atom. The van der Waals surface area contributed by atoms with Gasteiger partial charge in [0, 0.05) is 23.7 Å². The summed E-state index contributed by atoms with van der Waals surface area (Å²) in [4.78, 5) is 4.67. The normalized spacial score (nSPS) is 12.0. The molecule has 0 saturated carbocycles. The number of aliphatic hydroxyl groups excluding tert-OH is 1. The van der Waals surface area contributed by atoms with Crippen molar-refractivity contribution in [3.63, 3.8) is 0 Å². The van der Waals surface area contributed by atoms with E-state index >= 15 is 0 Å². The molecule has 0 aliphatic rings. The first-order valence-electron chi connectivity index (χ1n) is 9.05. The van der Waals surface area contributed by atoms with E-state index in [4.69, 9.17) is 9.47 Å². The summed E-state index contributed by atoms with van der Waals surface area (Å²) in [6.45, 7) is 10.2. The van der Waals surface area contributed by atoms with Crippen molar-refractivity contribution in [2.75, 3.05) is 38.7 Å². The van der Waals surface area contributed by atoms with Crippen LogP contribution in [-0.2, 0) is 0 Å². The van der Waals surface area contributed by atoms with Gasteiger partial charge in [-0.25, -0.2) is 0 Å². The Kier molecular flexibility index (Phi) is 9.13. The van der Waals surface area contributed by atoms with E-state index in [0.717, 1.165) is 25.1 Å². The maximum atomic E-state index is 9.72. The van der Waals surface area contributed by atoms with Crippen LogP contribution in [-0.4, -0.2) is 44.5 Å². The Labute approximate surface area is 151 Å². The van der Waals surface area contributed by atoms with Crippen molar-refractivity contribution < 1.29 is 14.6 Å². The molecule has 0 aromatic heterocycles. The van der Waals surface area contributed by atoms with E-state index in [2.05, 4.69) is 29.5 Å². The van der Waals surface area contributed by atoms with E-state index in [0.29, 0.717) is 30.6 Å². The first kappa shape index (κ1) is 21.1. The van der Waals surface area contributed by atoms with Crippen molar-refractivity contribution >= 4 is 11.6 Å². The molecule has 6 heteroatoms. The van der Waals surface area contributed by atoms with Crippen LogP contribution in [0.5, 0.6) is 11.5 Å². The predicted molar refractivity (Wildman–Crippen MR) is 104 cm³/mol. The minimum Gasteiger partial charge on any atom is -0.493 e. The van der Waals surface area contributed by atoms with Crippen molar-refractivity contribution in [1.29, 1.82) is 0 Å². The average molecular weight is 351 g/mol. The minimum absolute atomic E-state index is 0.139. The fourth-order valence-corrected chi connectivity index (χ4v) is 2.46. The topological polar surface area (TPSA) is 75.1 Å². The fraction of sp³-hybridized carbons (Fsp3) is 0.632. The molecule has 0 aliphatic heterocycles. The van der Waals surface area contributed by atoms with Gasteiger partial charge in [0.25, 0.3) is 0 Å². The van der Waals surface area contributed by atoms with Crippen molar-refractivity contribution in [3.05, 3.63) is 18.2 Å². The lowest BCUT2D eigenvalue weighted by Gasteiger charge is -2.27. The molecule has 6 nitrogen and oxygen atoms in total. The molecule has 1 aromatic carbocycles. The van der Waals surface area contributed by atoms with E-state index in [1.165, 1.54) is 0 Å². The third kappa shape index (κ3) is 6.12. The van der Waals surface area contributed by atoms with Gasteiger partial charge in [-0.1, -0.05) is 13.8 Å². The van der Waals surface area contributed by atoms with Crippen LogP contribution < -0.4 is 20.1 Å². The molecule has 0 radical (unpaired) electrons. The summed E-state index contributed by atoms with van der Waals surface area (Å²) in [5.74, 6) is 2.08. The van der Waals surface area contributed by atoms with Crippen LogP contribution in [0.15, 0.2) is 23.2 Å². The van der Waals surface area contributed by atoms with Crippen LogP contribution in [0.3, 0.4) is 0 Å². The lowest BCUT2D eigenvalue weighted by molar-refractivity contribution is 0.123. The average Bonchev–Trinajstić information content (AvgIpc) is 2.64. The SMILES string of the molecule is CCNC(=NCC(CC)(CC)CO)Nc1ccc(OCC)c(OC)c1. The van der Waals surface area contributed by atoms with Crippen LogP contribution in [0.2, 0.25) is 0 Å². The van der Waals surface area contributed by atoms with Gasteiger partial charge in [0.15, 0.2) is 17.5 Å². The van der Waals surface area contributed by atoms with Gasteiger partial charge >= 0.3 is 0 Å². The molecule has 1 rings (SSSR count). The quantitative estimate of drug-likeness (QED) is 0.446. The molecule has 3 N–H and O–H groups in total. The van der Waals surface area contributed by atoms with Crippen LogP contribution in [0.1, 0.15) is 40.5 Å². The second-order valence-electron chi connectivity index (χ2n) is 5.98. The number of methoxy groups -OCH3 is 1. The molecular weight excluding hydrogens is 318 g/mol. The maximum absolute atomic E-state index is 9.72. The Bertz CT molecular complexity index is 534. The first-order chi connectivity index (χ1) is 12.1. The lowest BCUT2D eigenvalue weighted by Crippen LogP contribution is -2.34. The van der Waals surface area contributed by atoms with Crippen LogP contribution in [0.25, 0.3) is 0 Å². The molecule has 0 spiro atoms. The maximum Gasteiger partial charge on any atom is 0.195 e. The number of anilines is 1. The second kappa shape index (κ2) is 10.8. The standard InChI is InChI=1S/C19H33N3O3/c1-6-19(7-2,14-23)13-21-18(20-8-3)22-15-10-11-16(25-9-4)17(12-15)24-5/h10-12,23H,6-9,13-14H2,1-5H3,(H2,20,21,22). The number of hydrogen-bond acceptors (Lipinski definition) is 4. The Morgan fingerprint density at radius 1 is 1.16 bits per heavy atom. The number of nitrogens with one attached hydrogen (secondary N) is 2. The third-order valence-electron chi connectivity index (χ3n) is 4.48. The van der Waals surface area contributed by atoms with Crippen LogP contribution >= 0.6 is 0 Å². The molecular formula is C19H33N3O3. The minimum atomic E-state index is -0.168. The van der Waals surface area contributed by atoms with Crippen molar-refractivity contribution in [3.8, 4) is 11.5 Å². The van der Waals surface area contributed by atoms with Crippen LogP contribution in [0.4, 0.5) is 5.69 Å². The van der Waals surface area contributed by atoms with Gasteiger partial charge < -0.3 is 25.2 Å². The summed E-state index contributed by atoms with van der Waals surface area (Å²) in [7, 11) is 1.62. The van der Waals surface area contributed by atoms with Gasteiger partial charge in [-0.2, -0.15) is 0 Å². The number of aliphatic hydroxyl groups is 1. The molecule has 0 heterocycles. The fourth-order valence-electron chi connectivity index (χ4n) is 2.46.